The summed E-state index contributed by atoms with van der Waals surface area (Å²) in [4.78, 5) is 20.9. The maximum atomic E-state index is 10.5. The van der Waals surface area contributed by atoms with Crippen LogP contribution >= 0.6 is 0 Å². The van der Waals surface area contributed by atoms with Gasteiger partial charge in [0.15, 0.2) is 0 Å². The van der Waals surface area contributed by atoms with Crippen LogP contribution in [0.15, 0.2) is 24.3 Å². The van der Waals surface area contributed by atoms with E-state index in [1.165, 1.54) is 24.3 Å². The van der Waals surface area contributed by atoms with E-state index >= 15 is 0 Å². The molecule has 0 aliphatic carbocycles. The summed E-state index contributed by atoms with van der Waals surface area (Å²) in [6.45, 7) is -1.45. The minimum absolute atomic E-state index is 0.190. The van der Waals surface area contributed by atoms with E-state index in [1.807, 2.05) is 0 Å². The first-order valence-corrected chi connectivity index (χ1v) is 6.66. The number of aliphatic hydroxyl groups excluding tert-OH is 6. The van der Waals surface area contributed by atoms with Gasteiger partial charge in [-0.3, -0.25) is 0 Å². The van der Waals surface area contributed by atoms with Crippen molar-refractivity contribution in [2.45, 2.75) is 24.4 Å². The highest BCUT2D eigenvalue weighted by Gasteiger charge is 2.29. The molecule has 0 fully saturated rings. The van der Waals surface area contributed by atoms with E-state index in [1.54, 1.807) is 0 Å². The van der Waals surface area contributed by atoms with Gasteiger partial charge in [-0.2, -0.15) is 0 Å². The normalized spacial score (nSPS) is 15.4. The van der Waals surface area contributed by atoms with Crippen molar-refractivity contribution < 1.29 is 50.4 Å². The van der Waals surface area contributed by atoms with Crippen molar-refractivity contribution in [2.75, 3.05) is 13.2 Å². The van der Waals surface area contributed by atoms with Crippen LogP contribution < -0.4 is 0 Å². The molecule has 4 atom stereocenters. The van der Waals surface area contributed by atoms with E-state index in [-0.39, 0.29) is 11.1 Å². The molecule has 4 unspecified atom stereocenters. The molecule has 136 valence electrons. The largest absolute Gasteiger partial charge is 0.478 e. The number of aliphatic hydroxyl groups is 6. The molecule has 1 rings (SSSR count). The molecular weight excluding hydrogens is 328 g/mol. The first-order chi connectivity index (χ1) is 11.2. The molecule has 0 aliphatic rings. The second-order valence-electron chi connectivity index (χ2n) is 4.64. The van der Waals surface area contributed by atoms with Gasteiger partial charge in [0, 0.05) is 0 Å². The fourth-order valence-corrected chi connectivity index (χ4v) is 1.53. The third-order valence-electron chi connectivity index (χ3n) is 2.90. The van der Waals surface area contributed by atoms with Crippen LogP contribution in [0.25, 0.3) is 0 Å². The van der Waals surface area contributed by atoms with Crippen molar-refractivity contribution >= 4 is 11.9 Å². The minimum Gasteiger partial charge on any atom is -0.478 e. The van der Waals surface area contributed by atoms with E-state index in [2.05, 4.69) is 0 Å². The number of carboxylic acids is 2. The average molecular weight is 348 g/mol. The summed E-state index contributed by atoms with van der Waals surface area (Å²) in [6.07, 6.45) is -6.39. The zero-order valence-electron chi connectivity index (χ0n) is 12.4. The molecule has 10 nitrogen and oxygen atoms in total. The van der Waals surface area contributed by atoms with Crippen LogP contribution in [0.3, 0.4) is 0 Å². The van der Waals surface area contributed by atoms with Crippen LogP contribution in [-0.2, 0) is 0 Å². The lowest BCUT2D eigenvalue weighted by molar-refractivity contribution is -0.123. The van der Waals surface area contributed by atoms with Crippen molar-refractivity contribution in [3.05, 3.63) is 35.4 Å². The van der Waals surface area contributed by atoms with Crippen molar-refractivity contribution in [3.63, 3.8) is 0 Å². The Balaban J connectivity index is 0.000000441. The van der Waals surface area contributed by atoms with E-state index in [9.17, 15) is 9.59 Å². The highest BCUT2D eigenvalue weighted by Crippen LogP contribution is 2.08. The summed E-state index contributed by atoms with van der Waals surface area (Å²) in [5.41, 5.74) is -0.380. The lowest BCUT2D eigenvalue weighted by atomic mass is 10.0. The summed E-state index contributed by atoms with van der Waals surface area (Å²) in [5.74, 6) is -2.46. The van der Waals surface area contributed by atoms with Gasteiger partial charge in [-0.25, -0.2) is 9.59 Å². The molecule has 0 spiro atoms. The Morgan fingerprint density at radius 2 is 1.04 bits per heavy atom. The smallest absolute Gasteiger partial charge is 0.336 e. The average Bonchev–Trinajstić information content (AvgIpc) is 2.59. The van der Waals surface area contributed by atoms with Gasteiger partial charge in [-0.15, -0.1) is 0 Å². The summed E-state index contributed by atoms with van der Waals surface area (Å²) in [5, 5.41) is 69.3. The maximum absolute atomic E-state index is 10.5. The Morgan fingerprint density at radius 1 is 0.750 bits per heavy atom. The molecule has 8 N–H and O–H groups in total. The molecule has 0 aliphatic heterocycles. The monoisotopic (exact) mass is 348 g/mol. The molecule has 0 heterocycles. The number of hydrogen-bond acceptors (Lipinski definition) is 8. The van der Waals surface area contributed by atoms with Gasteiger partial charge >= 0.3 is 11.9 Å². The Bertz CT molecular complexity index is 485. The van der Waals surface area contributed by atoms with Crippen LogP contribution in [0.1, 0.15) is 20.7 Å². The molecule has 0 aromatic heterocycles. The number of aromatic carboxylic acids is 2. The van der Waals surface area contributed by atoms with Crippen LogP contribution in [0.2, 0.25) is 0 Å². The highest BCUT2D eigenvalue weighted by molar-refractivity contribution is 6.01. The summed E-state index contributed by atoms with van der Waals surface area (Å²) < 4.78 is 0. The SMILES string of the molecule is O=C(O)c1ccccc1C(=O)O.OCC(O)C(O)C(O)C(O)CO. The molecule has 0 bridgehead atoms. The van der Waals surface area contributed by atoms with Crippen LogP contribution in [-0.4, -0.2) is 90.4 Å². The van der Waals surface area contributed by atoms with Crippen molar-refractivity contribution in [1.29, 1.82) is 0 Å². The van der Waals surface area contributed by atoms with E-state index in [4.69, 9.17) is 40.9 Å². The third kappa shape index (κ3) is 6.58. The topological polar surface area (TPSA) is 196 Å². The Kier molecular flexibility index (Phi) is 9.73. The first-order valence-electron chi connectivity index (χ1n) is 6.66. The molecule has 0 radical (unpaired) electrons. The predicted octanol–water partition coefficient (Wildman–Crippen LogP) is -2.50. The van der Waals surface area contributed by atoms with E-state index < -0.39 is 49.6 Å². The molecular formula is C14H20O10. The van der Waals surface area contributed by atoms with Crippen LogP contribution in [0.5, 0.6) is 0 Å². The third-order valence-corrected chi connectivity index (χ3v) is 2.90. The Labute approximate surface area is 136 Å². The lowest BCUT2D eigenvalue weighted by Crippen LogP contribution is -2.46. The molecule has 1 aromatic rings. The molecule has 10 heteroatoms. The first kappa shape index (κ1) is 21.9. The van der Waals surface area contributed by atoms with Crippen molar-refractivity contribution in [2.24, 2.45) is 0 Å². The van der Waals surface area contributed by atoms with Gasteiger partial charge in [-0.05, 0) is 12.1 Å². The van der Waals surface area contributed by atoms with E-state index in [0.29, 0.717) is 0 Å². The number of hydrogen-bond donors (Lipinski definition) is 8. The van der Waals surface area contributed by atoms with Gasteiger partial charge < -0.3 is 40.9 Å². The second-order valence-corrected chi connectivity index (χ2v) is 4.64. The van der Waals surface area contributed by atoms with Gasteiger partial charge in [0.05, 0.1) is 24.3 Å². The fourth-order valence-electron chi connectivity index (χ4n) is 1.53. The fraction of sp³-hybridized carbons (Fsp3) is 0.429. The minimum atomic E-state index is -1.67. The summed E-state index contributed by atoms with van der Waals surface area (Å²) in [6, 6.07) is 5.48. The molecule has 0 amide bonds. The van der Waals surface area contributed by atoms with Gasteiger partial charge in [-0.1, -0.05) is 12.1 Å². The van der Waals surface area contributed by atoms with E-state index in [0.717, 1.165) is 0 Å². The molecule has 24 heavy (non-hydrogen) atoms. The zero-order valence-corrected chi connectivity index (χ0v) is 12.4. The quantitative estimate of drug-likeness (QED) is 0.261. The standard InChI is InChI=1S/C8H6O4.C6H14O6/c9-7(10)5-3-1-2-4-6(5)8(11)12;7-1-3(9)5(11)6(12)4(10)2-8/h1-4H,(H,9,10)(H,11,12);3-12H,1-2H2. The van der Waals surface area contributed by atoms with Gasteiger partial charge in [0.25, 0.3) is 0 Å². The number of rotatable bonds is 7. The van der Waals surface area contributed by atoms with Crippen molar-refractivity contribution in [1.82, 2.24) is 0 Å². The van der Waals surface area contributed by atoms with Crippen LogP contribution in [0, 0.1) is 0 Å². The predicted molar refractivity (Wildman–Crippen MR) is 78.6 cm³/mol. The zero-order chi connectivity index (χ0) is 18.9. The lowest BCUT2D eigenvalue weighted by Gasteiger charge is -2.24. The molecule has 0 saturated carbocycles. The second kappa shape index (κ2) is 10.6. The van der Waals surface area contributed by atoms with Gasteiger partial charge in [0.2, 0.25) is 0 Å². The van der Waals surface area contributed by atoms with Crippen molar-refractivity contribution in [3.8, 4) is 0 Å². The van der Waals surface area contributed by atoms with Gasteiger partial charge in [0.1, 0.15) is 24.4 Å². The number of carbonyl (C=O) groups is 2. The summed E-state index contributed by atoms with van der Waals surface area (Å²) >= 11 is 0. The Hall–Kier alpha value is -2.08. The van der Waals surface area contributed by atoms with Crippen LogP contribution in [0.4, 0.5) is 0 Å². The Morgan fingerprint density at radius 3 is 1.25 bits per heavy atom. The molecule has 1 aromatic carbocycles. The number of benzene rings is 1. The molecule has 0 saturated heterocycles. The summed E-state index contributed by atoms with van der Waals surface area (Å²) in [7, 11) is 0. The number of carboxylic acid groups (broad SMARTS) is 2. The maximum Gasteiger partial charge on any atom is 0.336 e. The highest BCUT2D eigenvalue weighted by atomic mass is 16.4.